The zero-order valence-corrected chi connectivity index (χ0v) is 16.2. The second-order valence-corrected chi connectivity index (χ2v) is 6.76. The van der Waals surface area contributed by atoms with Gasteiger partial charge in [0.25, 0.3) is 5.91 Å². The van der Waals surface area contributed by atoms with E-state index in [9.17, 15) is 19.5 Å². The monoisotopic (exact) mass is 382 g/mol. The molecule has 0 unspecified atom stereocenters. The minimum Gasteiger partial charge on any atom is -0.481 e. The van der Waals surface area contributed by atoms with Crippen molar-refractivity contribution in [2.45, 2.75) is 39.7 Å². The number of aliphatic carboxylic acids is 1. The molecule has 6 nitrogen and oxygen atoms in total. The van der Waals surface area contributed by atoms with Gasteiger partial charge in [-0.15, -0.1) is 0 Å². The molecule has 0 fully saturated rings. The van der Waals surface area contributed by atoms with Gasteiger partial charge in [0.15, 0.2) is 0 Å². The second-order valence-electron chi connectivity index (χ2n) is 6.76. The average molecular weight is 382 g/mol. The van der Waals surface area contributed by atoms with Gasteiger partial charge in [-0.3, -0.25) is 14.4 Å². The number of rotatable bonds is 9. The third-order valence-electron chi connectivity index (χ3n) is 5.03. The minimum absolute atomic E-state index is 0.0886. The maximum atomic E-state index is 12.3. The van der Waals surface area contributed by atoms with Crippen LogP contribution in [0.4, 0.5) is 5.69 Å². The summed E-state index contributed by atoms with van der Waals surface area (Å²) in [4.78, 5) is 36.0. The van der Waals surface area contributed by atoms with Crippen LogP contribution in [0.2, 0.25) is 0 Å². The summed E-state index contributed by atoms with van der Waals surface area (Å²) in [6.07, 6.45) is 0.675. The van der Waals surface area contributed by atoms with E-state index in [2.05, 4.69) is 10.6 Å². The van der Waals surface area contributed by atoms with Crippen molar-refractivity contribution < 1.29 is 19.5 Å². The zero-order valence-electron chi connectivity index (χ0n) is 16.2. The summed E-state index contributed by atoms with van der Waals surface area (Å²) < 4.78 is 0. The molecular formula is C22H26N2O4. The lowest BCUT2D eigenvalue weighted by Crippen LogP contribution is -2.34. The number of benzene rings is 2. The third-order valence-corrected chi connectivity index (χ3v) is 5.03. The number of anilines is 1. The lowest BCUT2D eigenvalue weighted by atomic mass is 9.79. The van der Waals surface area contributed by atoms with Gasteiger partial charge in [0, 0.05) is 24.2 Å². The van der Waals surface area contributed by atoms with Crippen LogP contribution in [0.1, 0.15) is 49.0 Å². The van der Waals surface area contributed by atoms with Crippen LogP contribution < -0.4 is 10.6 Å². The predicted molar refractivity (Wildman–Crippen MR) is 108 cm³/mol. The number of carboxylic acids is 1. The van der Waals surface area contributed by atoms with E-state index in [4.69, 9.17) is 0 Å². The number of amides is 2. The highest BCUT2D eigenvalue weighted by Gasteiger charge is 2.37. The summed E-state index contributed by atoms with van der Waals surface area (Å²) in [7, 11) is 0. The van der Waals surface area contributed by atoms with Crippen molar-refractivity contribution in [3.8, 4) is 0 Å². The van der Waals surface area contributed by atoms with E-state index in [1.54, 1.807) is 38.1 Å². The van der Waals surface area contributed by atoms with Gasteiger partial charge in [-0.25, -0.2) is 0 Å². The smallest absolute Gasteiger partial charge is 0.310 e. The molecule has 0 atom stereocenters. The van der Waals surface area contributed by atoms with Crippen LogP contribution in [-0.4, -0.2) is 22.9 Å². The Kier molecular flexibility index (Phi) is 7.32. The molecule has 6 heteroatoms. The average Bonchev–Trinajstić information content (AvgIpc) is 2.71. The fourth-order valence-corrected chi connectivity index (χ4v) is 2.98. The van der Waals surface area contributed by atoms with E-state index >= 15 is 0 Å². The largest absolute Gasteiger partial charge is 0.481 e. The summed E-state index contributed by atoms with van der Waals surface area (Å²) in [6.45, 7) is 3.98. The van der Waals surface area contributed by atoms with E-state index < -0.39 is 11.4 Å². The Bertz CT molecular complexity index is 812. The van der Waals surface area contributed by atoms with Crippen LogP contribution >= 0.6 is 0 Å². The Morgan fingerprint density at radius 3 is 2.07 bits per heavy atom. The van der Waals surface area contributed by atoms with Crippen LogP contribution in [-0.2, 0) is 16.1 Å². The number of hydrogen-bond donors (Lipinski definition) is 3. The number of carbonyl (C=O) groups excluding carboxylic acids is 2. The van der Waals surface area contributed by atoms with Crippen LogP contribution in [0.25, 0.3) is 0 Å². The maximum absolute atomic E-state index is 12.3. The van der Waals surface area contributed by atoms with Crippen molar-refractivity contribution in [3.63, 3.8) is 0 Å². The molecule has 0 radical (unpaired) electrons. The molecule has 0 saturated carbocycles. The molecule has 0 aliphatic carbocycles. The molecule has 0 heterocycles. The first-order valence-corrected chi connectivity index (χ1v) is 9.35. The van der Waals surface area contributed by atoms with E-state index in [1.807, 2.05) is 30.3 Å². The molecule has 0 bridgehead atoms. The van der Waals surface area contributed by atoms with Crippen molar-refractivity contribution in [3.05, 3.63) is 65.7 Å². The summed E-state index contributed by atoms with van der Waals surface area (Å²) >= 11 is 0. The van der Waals surface area contributed by atoms with Crippen molar-refractivity contribution >= 4 is 23.5 Å². The molecule has 28 heavy (non-hydrogen) atoms. The number of hydrogen-bond acceptors (Lipinski definition) is 3. The van der Waals surface area contributed by atoms with Gasteiger partial charge in [-0.2, -0.15) is 0 Å². The molecule has 0 aliphatic rings. The second kappa shape index (κ2) is 9.69. The van der Waals surface area contributed by atoms with Gasteiger partial charge in [0.2, 0.25) is 5.91 Å². The maximum Gasteiger partial charge on any atom is 0.310 e. The summed E-state index contributed by atoms with van der Waals surface area (Å²) in [5, 5.41) is 15.0. The molecule has 0 aliphatic heterocycles. The first-order chi connectivity index (χ1) is 13.4. The fourth-order valence-electron chi connectivity index (χ4n) is 2.98. The topological polar surface area (TPSA) is 95.5 Å². The van der Waals surface area contributed by atoms with Crippen LogP contribution in [0.15, 0.2) is 54.6 Å². The first-order valence-electron chi connectivity index (χ1n) is 9.35. The van der Waals surface area contributed by atoms with Gasteiger partial charge in [-0.05, 0) is 42.7 Å². The molecule has 2 amide bonds. The van der Waals surface area contributed by atoms with E-state index in [0.717, 1.165) is 5.56 Å². The normalized spacial score (nSPS) is 10.9. The summed E-state index contributed by atoms with van der Waals surface area (Å²) in [5.74, 6) is -1.52. The molecule has 0 saturated heterocycles. The zero-order chi connectivity index (χ0) is 20.6. The molecule has 2 aromatic rings. The van der Waals surface area contributed by atoms with Crippen LogP contribution in [0.3, 0.4) is 0 Å². The quantitative estimate of drug-likeness (QED) is 0.614. The number of nitrogens with one attached hydrogen (secondary N) is 2. The third kappa shape index (κ3) is 5.42. The van der Waals surface area contributed by atoms with Gasteiger partial charge < -0.3 is 15.7 Å². The summed E-state index contributed by atoms with van der Waals surface area (Å²) in [6, 6.07) is 16.1. The van der Waals surface area contributed by atoms with Crippen LogP contribution in [0.5, 0.6) is 0 Å². The minimum atomic E-state index is -1.05. The first kappa shape index (κ1) is 21.2. The molecule has 0 spiro atoms. The van der Waals surface area contributed by atoms with Crippen molar-refractivity contribution in [1.29, 1.82) is 0 Å². The van der Waals surface area contributed by atoms with Gasteiger partial charge >= 0.3 is 5.97 Å². The van der Waals surface area contributed by atoms with Gasteiger partial charge in [0.05, 0.1) is 5.41 Å². The summed E-state index contributed by atoms with van der Waals surface area (Å²) in [5.41, 5.74) is 0.960. The van der Waals surface area contributed by atoms with E-state index in [-0.39, 0.29) is 18.2 Å². The van der Waals surface area contributed by atoms with E-state index in [0.29, 0.717) is 30.6 Å². The Morgan fingerprint density at radius 2 is 1.54 bits per heavy atom. The SMILES string of the molecule is CCC(CC)(CC(=O)Nc1ccc(C(=O)NCc2ccccc2)cc1)C(=O)O. The Hall–Kier alpha value is -3.15. The molecular weight excluding hydrogens is 356 g/mol. The van der Waals surface area contributed by atoms with Crippen molar-refractivity contribution in [2.24, 2.45) is 5.41 Å². The van der Waals surface area contributed by atoms with E-state index in [1.165, 1.54) is 0 Å². The Morgan fingerprint density at radius 1 is 0.929 bits per heavy atom. The fraction of sp³-hybridized carbons (Fsp3) is 0.318. The van der Waals surface area contributed by atoms with Gasteiger partial charge in [-0.1, -0.05) is 44.2 Å². The highest BCUT2D eigenvalue weighted by molar-refractivity contribution is 5.96. The molecule has 148 valence electrons. The van der Waals surface area contributed by atoms with Crippen LogP contribution in [0, 0.1) is 5.41 Å². The van der Waals surface area contributed by atoms with Gasteiger partial charge in [0.1, 0.15) is 0 Å². The Balaban J connectivity index is 1.93. The lowest BCUT2D eigenvalue weighted by molar-refractivity contribution is -0.151. The molecule has 3 N–H and O–H groups in total. The lowest BCUT2D eigenvalue weighted by Gasteiger charge is -2.25. The standard InChI is InChI=1S/C22H26N2O4/c1-3-22(4-2,21(27)28)14-19(25)24-18-12-10-17(11-13-18)20(26)23-15-16-8-6-5-7-9-16/h5-13H,3-4,14-15H2,1-2H3,(H,23,26)(H,24,25)(H,27,28). The molecule has 0 aromatic heterocycles. The predicted octanol–water partition coefficient (Wildman–Crippen LogP) is 3.84. The van der Waals surface area contributed by atoms with Crippen molar-refractivity contribution in [2.75, 3.05) is 5.32 Å². The van der Waals surface area contributed by atoms with Crippen molar-refractivity contribution in [1.82, 2.24) is 5.32 Å². The number of carbonyl (C=O) groups is 3. The molecule has 2 aromatic carbocycles. The number of carboxylic acid groups (broad SMARTS) is 1. The highest BCUT2D eigenvalue weighted by Crippen LogP contribution is 2.31. The Labute approximate surface area is 165 Å². The highest BCUT2D eigenvalue weighted by atomic mass is 16.4. The molecule has 2 rings (SSSR count).